The number of likely N-dealkylation sites (tertiary alicyclic amines) is 1. The Labute approximate surface area is 175 Å². The van der Waals surface area contributed by atoms with E-state index < -0.39 is 11.6 Å². The molecule has 0 radical (unpaired) electrons. The van der Waals surface area contributed by atoms with E-state index >= 15 is 0 Å². The lowest BCUT2D eigenvalue weighted by Gasteiger charge is -2.33. The van der Waals surface area contributed by atoms with Crippen molar-refractivity contribution in [1.82, 2.24) is 15.5 Å². The Hall–Kier alpha value is -1.99. The molecular formula is C22H28F2N4S. The fraction of sp³-hybridized carbons (Fsp3) is 0.500. The highest BCUT2D eigenvalue weighted by Gasteiger charge is 2.42. The van der Waals surface area contributed by atoms with Crippen molar-refractivity contribution in [2.75, 3.05) is 19.6 Å². The van der Waals surface area contributed by atoms with E-state index in [-0.39, 0.29) is 17.5 Å². The summed E-state index contributed by atoms with van der Waals surface area (Å²) >= 11 is 1.74. The van der Waals surface area contributed by atoms with Crippen LogP contribution in [0.15, 0.2) is 40.0 Å². The maximum Gasteiger partial charge on any atom is 0.191 e. The van der Waals surface area contributed by atoms with Gasteiger partial charge in [-0.15, -0.1) is 0 Å². The highest BCUT2D eigenvalue weighted by atomic mass is 32.1. The SMILES string of the molecule is CCN=C(NC1CCN(Cc2ccsc2)CC1)NC1CC1c1c(F)cccc1F. The summed E-state index contributed by atoms with van der Waals surface area (Å²) in [7, 11) is 0. The molecule has 0 spiro atoms. The molecule has 1 aliphatic carbocycles. The van der Waals surface area contributed by atoms with Crippen LogP contribution in [-0.4, -0.2) is 42.6 Å². The molecule has 2 unspecified atom stereocenters. The summed E-state index contributed by atoms with van der Waals surface area (Å²) in [6.45, 7) is 5.78. The molecule has 0 bridgehead atoms. The molecule has 4 nitrogen and oxygen atoms in total. The predicted octanol–water partition coefficient (Wildman–Crippen LogP) is 4.10. The van der Waals surface area contributed by atoms with Crippen LogP contribution in [-0.2, 0) is 6.54 Å². The van der Waals surface area contributed by atoms with Crippen molar-refractivity contribution < 1.29 is 8.78 Å². The van der Waals surface area contributed by atoms with Gasteiger partial charge in [0.1, 0.15) is 11.6 Å². The van der Waals surface area contributed by atoms with E-state index in [0.29, 0.717) is 12.6 Å². The molecule has 1 saturated carbocycles. The number of guanidine groups is 1. The molecule has 2 aromatic rings. The lowest BCUT2D eigenvalue weighted by atomic mass is 10.0. The summed E-state index contributed by atoms with van der Waals surface area (Å²) in [4.78, 5) is 7.03. The molecule has 7 heteroatoms. The Kier molecular flexibility index (Phi) is 6.45. The van der Waals surface area contributed by atoms with Crippen LogP contribution in [0, 0.1) is 11.6 Å². The zero-order valence-corrected chi connectivity index (χ0v) is 17.5. The van der Waals surface area contributed by atoms with Crippen molar-refractivity contribution >= 4 is 17.3 Å². The Morgan fingerprint density at radius 3 is 2.59 bits per heavy atom. The van der Waals surface area contributed by atoms with Gasteiger partial charge in [-0.2, -0.15) is 11.3 Å². The molecule has 29 heavy (non-hydrogen) atoms. The van der Waals surface area contributed by atoms with Gasteiger partial charge in [0.05, 0.1) is 0 Å². The quantitative estimate of drug-likeness (QED) is 0.548. The van der Waals surface area contributed by atoms with Gasteiger partial charge in [-0.25, -0.2) is 8.78 Å². The van der Waals surface area contributed by atoms with E-state index in [9.17, 15) is 8.78 Å². The molecule has 1 saturated heterocycles. The van der Waals surface area contributed by atoms with Crippen LogP contribution >= 0.6 is 11.3 Å². The van der Waals surface area contributed by atoms with Crippen LogP contribution in [0.25, 0.3) is 0 Å². The summed E-state index contributed by atoms with van der Waals surface area (Å²) < 4.78 is 28.1. The van der Waals surface area contributed by atoms with Crippen molar-refractivity contribution in [1.29, 1.82) is 0 Å². The number of nitrogens with zero attached hydrogens (tertiary/aromatic N) is 2. The van der Waals surface area contributed by atoms with E-state index in [1.807, 2.05) is 6.92 Å². The molecule has 2 N–H and O–H groups in total. The minimum atomic E-state index is -0.459. The Balaban J connectivity index is 1.28. The van der Waals surface area contributed by atoms with E-state index in [0.717, 1.165) is 44.9 Å². The number of aliphatic imine (C=N–C) groups is 1. The zero-order chi connectivity index (χ0) is 20.2. The van der Waals surface area contributed by atoms with E-state index in [4.69, 9.17) is 0 Å². The van der Waals surface area contributed by atoms with Gasteiger partial charge in [0, 0.05) is 49.7 Å². The van der Waals surface area contributed by atoms with Gasteiger partial charge in [-0.1, -0.05) is 6.07 Å². The number of thiophene rings is 1. The first-order valence-electron chi connectivity index (χ1n) is 10.4. The van der Waals surface area contributed by atoms with Gasteiger partial charge in [-0.3, -0.25) is 9.89 Å². The van der Waals surface area contributed by atoms with Crippen molar-refractivity contribution in [2.24, 2.45) is 4.99 Å². The topological polar surface area (TPSA) is 39.7 Å². The van der Waals surface area contributed by atoms with Crippen LogP contribution in [0.3, 0.4) is 0 Å². The minimum Gasteiger partial charge on any atom is -0.354 e. The van der Waals surface area contributed by atoms with E-state index in [1.165, 1.54) is 23.8 Å². The van der Waals surface area contributed by atoms with Crippen LogP contribution < -0.4 is 10.6 Å². The third-order valence-corrected chi connectivity index (χ3v) is 6.45. The lowest BCUT2D eigenvalue weighted by Crippen LogP contribution is -2.49. The molecular weight excluding hydrogens is 390 g/mol. The first kappa shape index (κ1) is 20.3. The molecule has 156 valence electrons. The standard InChI is InChI=1S/C22H28F2N4S/c1-2-25-22(27-20-12-17(20)21-18(23)4-3-5-19(21)24)26-16-6-9-28(10-7-16)13-15-8-11-29-14-15/h3-5,8,11,14,16-17,20H,2,6-7,9-10,12-13H2,1H3,(H2,25,26,27). The number of halogens is 2. The number of hydrogen-bond donors (Lipinski definition) is 2. The molecule has 2 atom stereocenters. The maximum absolute atomic E-state index is 14.0. The fourth-order valence-corrected chi connectivity index (χ4v) is 4.73. The largest absolute Gasteiger partial charge is 0.354 e. The third-order valence-electron chi connectivity index (χ3n) is 5.71. The maximum atomic E-state index is 14.0. The van der Waals surface area contributed by atoms with Crippen LogP contribution in [0.1, 0.15) is 43.2 Å². The first-order valence-corrected chi connectivity index (χ1v) is 11.3. The average Bonchev–Trinajstić information content (AvgIpc) is 3.23. The molecule has 2 aliphatic rings. The van der Waals surface area contributed by atoms with Gasteiger partial charge >= 0.3 is 0 Å². The molecule has 1 aliphatic heterocycles. The van der Waals surface area contributed by atoms with Gasteiger partial charge in [0.15, 0.2) is 5.96 Å². The summed E-state index contributed by atoms with van der Waals surface area (Å²) in [5.74, 6) is -0.293. The molecule has 2 heterocycles. The predicted molar refractivity (Wildman–Crippen MR) is 114 cm³/mol. The third kappa shape index (κ3) is 5.14. The second-order valence-corrected chi connectivity index (χ2v) is 8.66. The van der Waals surface area contributed by atoms with Gasteiger partial charge < -0.3 is 10.6 Å². The number of piperidine rings is 1. The highest BCUT2D eigenvalue weighted by molar-refractivity contribution is 7.07. The Morgan fingerprint density at radius 2 is 1.93 bits per heavy atom. The average molecular weight is 419 g/mol. The van der Waals surface area contributed by atoms with Crippen molar-refractivity contribution in [3.05, 3.63) is 57.8 Å². The highest BCUT2D eigenvalue weighted by Crippen LogP contribution is 2.43. The number of hydrogen-bond acceptors (Lipinski definition) is 3. The van der Waals surface area contributed by atoms with Crippen molar-refractivity contribution in [2.45, 2.75) is 50.7 Å². The second kappa shape index (κ2) is 9.22. The summed E-state index contributed by atoms with van der Waals surface area (Å²) in [5, 5.41) is 11.3. The van der Waals surface area contributed by atoms with Crippen LogP contribution in [0.2, 0.25) is 0 Å². The minimum absolute atomic E-state index is 0.0258. The van der Waals surface area contributed by atoms with E-state index in [2.05, 4.69) is 37.4 Å². The normalized spacial score (nSPS) is 23.2. The molecule has 1 aromatic heterocycles. The Morgan fingerprint density at radius 1 is 1.17 bits per heavy atom. The monoisotopic (exact) mass is 418 g/mol. The van der Waals surface area contributed by atoms with E-state index in [1.54, 1.807) is 11.3 Å². The van der Waals surface area contributed by atoms with Gasteiger partial charge in [0.2, 0.25) is 0 Å². The first-order chi connectivity index (χ1) is 14.1. The molecule has 2 fully saturated rings. The molecule has 0 amide bonds. The fourth-order valence-electron chi connectivity index (χ4n) is 4.07. The Bertz CT molecular complexity index is 811. The number of benzene rings is 1. The van der Waals surface area contributed by atoms with Gasteiger partial charge in [-0.05, 0) is 60.7 Å². The summed E-state index contributed by atoms with van der Waals surface area (Å²) in [6.07, 6.45) is 2.84. The summed E-state index contributed by atoms with van der Waals surface area (Å²) in [6, 6.07) is 6.66. The lowest BCUT2D eigenvalue weighted by molar-refractivity contribution is 0.198. The zero-order valence-electron chi connectivity index (χ0n) is 16.7. The van der Waals surface area contributed by atoms with Gasteiger partial charge in [0.25, 0.3) is 0 Å². The van der Waals surface area contributed by atoms with Crippen molar-refractivity contribution in [3.8, 4) is 0 Å². The number of rotatable bonds is 6. The van der Waals surface area contributed by atoms with Crippen molar-refractivity contribution in [3.63, 3.8) is 0 Å². The molecule has 4 rings (SSSR count). The second-order valence-electron chi connectivity index (χ2n) is 7.88. The van der Waals surface area contributed by atoms with Crippen LogP contribution in [0.5, 0.6) is 0 Å². The van der Waals surface area contributed by atoms with Crippen LogP contribution in [0.4, 0.5) is 8.78 Å². The smallest absolute Gasteiger partial charge is 0.191 e. The summed E-state index contributed by atoms with van der Waals surface area (Å²) in [5.41, 5.74) is 1.58. The number of nitrogens with one attached hydrogen (secondary N) is 2. The molecule has 1 aromatic carbocycles.